The van der Waals surface area contributed by atoms with E-state index < -0.39 is 18.1 Å². The van der Waals surface area contributed by atoms with Crippen molar-refractivity contribution < 1.29 is 19.4 Å². The van der Waals surface area contributed by atoms with Gasteiger partial charge in [0.25, 0.3) is 5.95 Å². The third-order valence-electron chi connectivity index (χ3n) is 2.36. The minimum Gasteiger partial charge on any atom is -0.479 e. The maximum absolute atomic E-state index is 11.8. The Kier molecular flexibility index (Phi) is 3.37. The highest BCUT2D eigenvalue weighted by Crippen LogP contribution is 2.07. The van der Waals surface area contributed by atoms with Crippen molar-refractivity contribution in [3.05, 3.63) is 0 Å². The van der Waals surface area contributed by atoms with Gasteiger partial charge in [-0.05, 0) is 5.21 Å². The lowest BCUT2D eigenvalue weighted by molar-refractivity contribution is -0.154. The molecule has 2 amide bonds. The van der Waals surface area contributed by atoms with Gasteiger partial charge in [0, 0.05) is 6.54 Å². The Bertz CT molecular complexity index is 460. The molecule has 0 bridgehead atoms. The highest BCUT2D eigenvalue weighted by molar-refractivity contribution is 5.88. The lowest BCUT2D eigenvalue weighted by Crippen LogP contribution is -2.50. The number of carbonyl (C=O) groups is 2. The first kappa shape index (κ1) is 12.2. The van der Waals surface area contributed by atoms with Gasteiger partial charge in [-0.25, -0.2) is 9.59 Å². The number of carbonyl (C=O) groups excluding carboxylic acids is 1. The number of rotatable bonds is 2. The number of aliphatic carboxylic acids is 1. The molecule has 10 heteroatoms. The number of aromatic nitrogens is 4. The Labute approximate surface area is 102 Å². The number of amides is 2. The second-order valence-corrected chi connectivity index (χ2v) is 3.68. The minimum atomic E-state index is -1.09. The fraction of sp³-hybridized carbons (Fsp3) is 0.625. The van der Waals surface area contributed by atoms with Gasteiger partial charge in [0.1, 0.15) is 0 Å². The summed E-state index contributed by atoms with van der Waals surface area (Å²) in [6, 6.07) is -0.474. The largest absolute Gasteiger partial charge is 0.479 e. The number of nitrogens with one attached hydrogen (secondary N) is 1. The number of hydrogen-bond acceptors (Lipinski definition) is 6. The summed E-state index contributed by atoms with van der Waals surface area (Å²) in [5.74, 6) is -1.02. The van der Waals surface area contributed by atoms with Crippen LogP contribution < -0.4 is 5.32 Å². The van der Waals surface area contributed by atoms with E-state index in [-0.39, 0.29) is 19.1 Å². The monoisotopic (exact) mass is 256 g/mol. The molecule has 0 aromatic carbocycles. The fourth-order valence-corrected chi connectivity index (χ4v) is 1.49. The van der Waals surface area contributed by atoms with E-state index in [0.717, 1.165) is 0 Å². The van der Waals surface area contributed by atoms with Crippen molar-refractivity contribution in [2.75, 3.05) is 25.0 Å². The minimum absolute atomic E-state index is 0.0125. The highest BCUT2D eigenvalue weighted by Gasteiger charge is 2.29. The molecule has 0 aliphatic carbocycles. The molecule has 1 saturated heterocycles. The number of carboxylic acid groups (broad SMARTS) is 1. The maximum atomic E-state index is 11.8. The SMILES string of the molecule is Cn1nnc(NC(=O)N2CCOC(C(=O)O)C2)n1. The van der Waals surface area contributed by atoms with Crippen molar-refractivity contribution in [1.29, 1.82) is 0 Å². The third kappa shape index (κ3) is 2.71. The Hall–Kier alpha value is -2.23. The highest BCUT2D eigenvalue weighted by atomic mass is 16.5. The first-order valence-corrected chi connectivity index (χ1v) is 5.20. The Morgan fingerprint density at radius 2 is 2.33 bits per heavy atom. The number of nitrogens with zero attached hydrogens (tertiary/aromatic N) is 5. The van der Waals surface area contributed by atoms with Crippen LogP contribution in [0.15, 0.2) is 0 Å². The van der Waals surface area contributed by atoms with Crippen LogP contribution in [0.4, 0.5) is 10.7 Å². The maximum Gasteiger partial charge on any atom is 0.334 e. The molecule has 2 rings (SSSR count). The zero-order valence-corrected chi connectivity index (χ0v) is 9.61. The zero-order chi connectivity index (χ0) is 13.1. The van der Waals surface area contributed by atoms with Crippen LogP contribution in [0.1, 0.15) is 0 Å². The van der Waals surface area contributed by atoms with Gasteiger partial charge in [-0.15, -0.1) is 5.10 Å². The smallest absolute Gasteiger partial charge is 0.334 e. The quantitative estimate of drug-likeness (QED) is 0.662. The van der Waals surface area contributed by atoms with Gasteiger partial charge in [0.05, 0.1) is 20.2 Å². The molecular formula is C8H12N6O4. The Morgan fingerprint density at radius 1 is 1.56 bits per heavy atom. The van der Waals surface area contributed by atoms with E-state index in [0.29, 0.717) is 6.54 Å². The first-order chi connectivity index (χ1) is 8.56. The van der Waals surface area contributed by atoms with Crippen molar-refractivity contribution in [2.24, 2.45) is 7.05 Å². The second-order valence-electron chi connectivity index (χ2n) is 3.68. The summed E-state index contributed by atoms with van der Waals surface area (Å²) >= 11 is 0. The van der Waals surface area contributed by atoms with Crippen molar-refractivity contribution in [1.82, 2.24) is 25.1 Å². The number of carboxylic acids is 1. The fourth-order valence-electron chi connectivity index (χ4n) is 1.49. The molecule has 0 radical (unpaired) electrons. The van der Waals surface area contributed by atoms with Crippen LogP contribution in [0.25, 0.3) is 0 Å². The molecule has 1 unspecified atom stereocenters. The first-order valence-electron chi connectivity index (χ1n) is 5.20. The molecule has 1 aliphatic heterocycles. The van der Waals surface area contributed by atoms with E-state index in [1.54, 1.807) is 7.05 Å². The number of urea groups is 1. The summed E-state index contributed by atoms with van der Waals surface area (Å²) in [6.45, 7) is 0.482. The van der Waals surface area contributed by atoms with Crippen LogP contribution in [-0.2, 0) is 16.6 Å². The molecule has 98 valence electrons. The summed E-state index contributed by atoms with van der Waals surface area (Å²) < 4.78 is 5.01. The van der Waals surface area contributed by atoms with Crippen molar-refractivity contribution >= 4 is 17.9 Å². The summed E-state index contributed by atoms with van der Waals surface area (Å²) in [7, 11) is 1.57. The van der Waals surface area contributed by atoms with Gasteiger partial charge in [0.15, 0.2) is 6.10 Å². The molecule has 2 N–H and O–H groups in total. The standard InChI is InChI=1S/C8H12N6O4/c1-13-11-7(10-12-13)9-8(17)14-2-3-18-5(4-14)6(15)16/h5H,2-4H2,1H3,(H,15,16)(H,9,11,17). The van der Waals surface area contributed by atoms with Gasteiger partial charge < -0.3 is 14.7 Å². The van der Waals surface area contributed by atoms with Crippen LogP contribution >= 0.6 is 0 Å². The van der Waals surface area contributed by atoms with E-state index >= 15 is 0 Å². The average molecular weight is 256 g/mol. The van der Waals surface area contributed by atoms with Crippen LogP contribution in [0, 0.1) is 0 Å². The summed E-state index contributed by atoms with van der Waals surface area (Å²) in [5.41, 5.74) is 0. The predicted molar refractivity (Wildman–Crippen MR) is 56.8 cm³/mol. The molecule has 2 heterocycles. The molecule has 1 fully saturated rings. The lowest BCUT2D eigenvalue weighted by atomic mass is 10.3. The molecule has 1 aliphatic rings. The van der Waals surface area contributed by atoms with Crippen LogP contribution in [0.5, 0.6) is 0 Å². The van der Waals surface area contributed by atoms with E-state index in [4.69, 9.17) is 9.84 Å². The van der Waals surface area contributed by atoms with E-state index in [1.807, 2.05) is 0 Å². The lowest BCUT2D eigenvalue weighted by Gasteiger charge is -2.30. The van der Waals surface area contributed by atoms with E-state index in [9.17, 15) is 9.59 Å². The number of tetrazole rings is 1. The Morgan fingerprint density at radius 3 is 2.94 bits per heavy atom. The van der Waals surface area contributed by atoms with Crippen molar-refractivity contribution in [3.8, 4) is 0 Å². The predicted octanol–water partition coefficient (Wildman–Crippen LogP) is -1.47. The molecule has 1 aromatic rings. The normalized spacial score (nSPS) is 19.6. The molecule has 0 spiro atoms. The van der Waals surface area contributed by atoms with Crippen LogP contribution in [0.2, 0.25) is 0 Å². The van der Waals surface area contributed by atoms with Gasteiger partial charge in [-0.1, -0.05) is 5.10 Å². The van der Waals surface area contributed by atoms with Gasteiger partial charge in [-0.3, -0.25) is 5.32 Å². The zero-order valence-electron chi connectivity index (χ0n) is 9.61. The number of ether oxygens (including phenoxy) is 1. The van der Waals surface area contributed by atoms with Crippen molar-refractivity contribution in [3.63, 3.8) is 0 Å². The molecule has 0 saturated carbocycles. The summed E-state index contributed by atoms with van der Waals surface area (Å²) in [5, 5.41) is 22.2. The van der Waals surface area contributed by atoms with Crippen LogP contribution in [0.3, 0.4) is 0 Å². The topological polar surface area (TPSA) is 122 Å². The number of anilines is 1. The van der Waals surface area contributed by atoms with Gasteiger partial charge in [0.2, 0.25) is 0 Å². The van der Waals surface area contributed by atoms with Gasteiger partial charge >= 0.3 is 12.0 Å². The van der Waals surface area contributed by atoms with E-state index in [1.165, 1.54) is 9.70 Å². The van der Waals surface area contributed by atoms with Crippen LogP contribution in [-0.4, -0.2) is 68.0 Å². The van der Waals surface area contributed by atoms with E-state index in [2.05, 4.69) is 20.7 Å². The third-order valence-corrected chi connectivity index (χ3v) is 2.36. The molecule has 10 nitrogen and oxygen atoms in total. The summed E-state index contributed by atoms with van der Waals surface area (Å²) in [6.07, 6.45) is -1.00. The number of hydrogen-bond donors (Lipinski definition) is 2. The molecule has 18 heavy (non-hydrogen) atoms. The molecule has 1 atom stereocenters. The van der Waals surface area contributed by atoms with Crippen molar-refractivity contribution in [2.45, 2.75) is 6.10 Å². The molecule has 1 aromatic heterocycles. The second kappa shape index (κ2) is 4.96. The number of aryl methyl sites for hydroxylation is 1. The average Bonchev–Trinajstić information content (AvgIpc) is 2.75. The summed E-state index contributed by atoms with van der Waals surface area (Å²) in [4.78, 5) is 25.1. The van der Waals surface area contributed by atoms with Gasteiger partial charge in [-0.2, -0.15) is 4.80 Å². The molecular weight excluding hydrogens is 244 g/mol. The Balaban J connectivity index is 1.94. The number of morpholine rings is 1.